The quantitative estimate of drug-likeness (QED) is 0.308. The molecule has 2 aliphatic heterocycles. The minimum atomic E-state index is -1.16. The monoisotopic (exact) mass is 502 g/mol. The highest BCUT2D eigenvalue weighted by Gasteiger charge is 2.70. The van der Waals surface area contributed by atoms with Crippen LogP contribution in [0.2, 0.25) is 0 Å². The van der Waals surface area contributed by atoms with Crippen LogP contribution in [0.25, 0.3) is 0 Å². The van der Waals surface area contributed by atoms with Crippen LogP contribution in [0.1, 0.15) is 38.5 Å². The van der Waals surface area contributed by atoms with E-state index in [4.69, 9.17) is 9.47 Å². The van der Waals surface area contributed by atoms with Gasteiger partial charge in [-0.15, -0.1) is 0 Å². The highest BCUT2D eigenvalue weighted by atomic mass is 16.6. The summed E-state index contributed by atoms with van der Waals surface area (Å²) in [6.07, 6.45) is 0.904. The van der Waals surface area contributed by atoms with E-state index in [1.54, 1.807) is 0 Å². The van der Waals surface area contributed by atoms with E-state index in [2.05, 4.69) is 26.3 Å². The van der Waals surface area contributed by atoms with Crippen molar-refractivity contribution in [3.63, 3.8) is 0 Å². The molecule has 0 radical (unpaired) electrons. The molecule has 1 spiro atoms. The third-order valence-corrected chi connectivity index (χ3v) is 10.7. The van der Waals surface area contributed by atoms with E-state index in [1.165, 1.54) is 0 Å². The number of carbonyl (C=O) groups excluding carboxylic acids is 4. The van der Waals surface area contributed by atoms with Gasteiger partial charge in [0.15, 0.2) is 5.78 Å². The molecule has 10 atom stereocenters. The SMILES string of the molecule is C=C1C(=O)OC2C1CCC1CCC3(C(=O)CC4C(=C)CC(O)C5C(=C)C(=O)OC5C43)C3=C1C2C(=C)C3=O. The summed E-state index contributed by atoms with van der Waals surface area (Å²) in [5.74, 6) is -3.34. The van der Waals surface area contributed by atoms with Gasteiger partial charge in [0.25, 0.3) is 0 Å². The number of aliphatic hydroxyl groups excluding tert-OH is 1. The number of esters is 2. The Bertz CT molecular complexity index is 1310. The molecule has 5 fully saturated rings. The third kappa shape index (κ3) is 2.61. The van der Waals surface area contributed by atoms with Crippen LogP contribution in [0.15, 0.2) is 59.8 Å². The van der Waals surface area contributed by atoms with Gasteiger partial charge < -0.3 is 14.6 Å². The Morgan fingerprint density at radius 2 is 1.51 bits per heavy atom. The van der Waals surface area contributed by atoms with Crippen LogP contribution in [-0.4, -0.2) is 46.9 Å². The fourth-order valence-electron chi connectivity index (χ4n) is 9.16. The first-order valence-corrected chi connectivity index (χ1v) is 13.2. The maximum atomic E-state index is 14.2. The van der Waals surface area contributed by atoms with Crippen molar-refractivity contribution in [2.75, 3.05) is 0 Å². The van der Waals surface area contributed by atoms with Crippen molar-refractivity contribution in [2.24, 2.45) is 40.9 Å². The van der Waals surface area contributed by atoms with Crippen LogP contribution < -0.4 is 0 Å². The molecule has 7 aliphatic rings. The number of allylic oxidation sites excluding steroid dienone is 1. The van der Waals surface area contributed by atoms with Crippen LogP contribution in [0.4, 0.5) is 0 Å². The number of ketones is 2. The Kier molecular flexibility index (Phi) is 4.54. The fourth-order valence-corrected chi connectivity index (χ4v) is 9.16. The van der Waals surface area contributed by atoms with Crippen molar-refractivity contribution in [1.29, 1.82) is 0 Å². The molecule has 0 amide bonds. The summed E-state index contributed by atoms with van der Waals surface area (Å²) < 4.78 is 11.7. The topological polar surface area (TPSA) is 107 Å². The van der Waals surface area contributed by atoms with Crippen LogP contribution in [-0.2, 0) is 28.7 Å². The van der Waals surface area contributed by atoms with E-state index in [9.17, 15) is 24.3 Å². The van der Waals surface area contributed by atoms with E-state index < -0.39 is 53.4 Å². The molecule has 3 saturated carbocycles. The second kappa shape index (κ2) is 7.28. The Balaban J connectivity index is 1.44. The minimum absolute atomic E-state index is 0.0382. The number of ether oxygens (including phenoxy) is 2. The van der Waals surface area contributed by atoms with Crippen molar-refractivity contribution in [3.05, 3.63) is 59.8 Å². The number of fused-ring (bicyclic) bond motifs is 7. The molecule has 0 aromatic carbocycles. The van der Waals surface area contributed by atoms with E-state index in [0.717, 1.165) is 24.0 Å². The first-order valence-electron chi connectivity index (χ1n) is 13.2. The van der Waals surface area contributed by atoms with Crippen LogP contribution >= 0.6 is 0 Å². The van der Waals surface area contributed by atoms with E-state index >= 15 is 0 Å². The summed E-state index contributed by atoms with van der Waals surface area (Å²) in [4.78, 5) is 53.4. The van der Waals surface area contributed by atoms with Crippen molar-refractivity contribution in [3.8, 4) is 0 Å². The molecule has 2 heterocycles. The second-order valence-corrected chi connectivity index (χ2v) is 12.1. The standard InChI is InChI=1S/C30H30O7/c1-11-9-18(31)20-14(4)29(35)37-27(20)23-17(11)10-19(32)30(23)8-7-15-5-6-16-12(2)28(34)36-26(16)21-13(3)25(33)24(30)22(15)21/h15-18,20-21,23,26-27,31H,1-10H2. The van der Waals surface area contributed by atoms with Gasteiger partial charge in [0, 0.05) is 46.5 Å². The molecule has 7 heteroatoms. The van der Waals surface area contributed by atoms with Crippen molar-refractivity contribution < 1.29 is 33.8 Å². The van der Waals surface area contributed by atoms with E-state index in [0.29, 0.717) is 29.6 Å². The van der Waals surface area contributed by atoms with Crippen molar-refractivity contribution >= 4 is 23.5 Å². The Hall–Kier alpha value is -3.06. The molecule has 7 nitrogen and oxygen atoms in total. The molecule has 192 valence electrons. The highest BCUT2D eigenvalue weighted by molar-refractivity contribution is 6.17. The van der Waals surface area contributed by atoms with Gasteiger partial charge in [-0.25, -0.2) is 9.59 Å². The molecule has 10 unspecified atom stereocenters. The summed E-state index contributed by atoms with van der Waals surface area (Å²) >= 11 is 0. The molecule has 5 aliphatic carbocycles. The first kappa shape index (κ1) is 23.1. The van der Waals surface area contributed by atoms with Gasteiger partial charge in [-0.05, 0) is 49.5 Å². The fraction of sp³-hybridized carbons (Fsp3) is 0.533. The number of aliphatic hydroxyl groups is 1. The zero-order valence-corrected chi connectivity index (χ0v) is 20.7. The maximum Gasteiger partial charge on any atom is 0.334 e. The molecule has 37 heavy (non-hydrogen) atoms. The largest absolute Gasteiger partial charge is 0.458 e. The summed E-state index contributed by atoms with van der Waals surface area (Å²) in [6, 6.07) is 0. The van der Waals surface area contributed by atoms with Crippen molar-refractivity contribution in [1.82, 2.24) is 0 Å². The predicted molar refractivity (Wildman–Crippen MR) is 130 cm³/mol. The molecule has 0 bridgehead atoms. The molecule has 0 aromatic heterocycles. The van der Waals surface area contributed by atoms with Gasteiger partial charge in [0.05, 0.1) is 17.4 Å². The molecular weight excluding hydrogens is 472 g/mol. The lowest BCUT2D eigenvalue weighted by molar-refractivity contribution is -0.146. The number of rotatable bonds is 0. The smallest absolute Gasteiger partial charge is 0.334 e. The second-order valence-electron chi connectivity index (χ2n) is 12.1. The lowest BCUT2D eigenvalue weighted by Gasteiger charge is -2.44. The Morgan fingerprint density at radius 3 is 2.27 bits per heavy atom. The molecule has 7 rings (SSSR count). The number of carbonyl (C=O) groups is 4. The zero-order valence-electron chi connectivity index (χ0n) is 20.7. The number of hydrogen-bond donors (Lipinski definition) is 1. The molecule has 1 N–H and O–H groups in total. The lowest BCUT2D eigenvalue weighted by Crippen LogP contribution is -2.48. The Labute approximate surface area is 215 Å². The summed E-state index contributed by atoms with van der Waals surface area (Å²) in [6.45, 7) is 16.3. The van der Waals surface area contributed by atoms with Gasteiger partial charge >= 0.3 is 11.9 Å². The Morgan fingerprint density at radius 1 is 0.811 bits per heavy atom. The van der Waals surface area contributed by atoms with E-state index in [1.807, 2.05) is 0 Å². The van der Waals surface area contributed by atoms with Crippen LogP contribution in [0.3, 0.4) is 0 Å². The average molecular weight is 503 g/mol. The van der Waals surface area contributed by atoms with Crippen LogP contribution in [0, 0.1) is 40.9 Å². The van der Waals surface area contributed by atoms with Gasteiger partial charge in [-0.1, -0.05) is 31.9 Å². The molecule has 0 aromatic rings. The van der Waals surface area contributed by atoms with Gasteiger partial charge in [0.1, 0.15) is 18.0 Å². The average Bonchev–Trinajstić information content (AvgIpc) is 3.43. The van der Waals surface area contributed by atoms with Crippen LogP contribution in [0.5, 0.6) is 0 Å². The zero-order chi connectivity index (χ0) is 26.1. The highest BCUT2D eigenvalue weighted by Crippen LogP contribution is 2.67. The number of hydrogen-bond acceptors (Lipinski definition) is 7. The summed E-state index contributed by atoms with van der Waals surface area (Å²) in [5, 5.41) is 11.0. The normalized spacial score (nSPS) is 46.5. The van der Waals surface area contributed by atoms with E-state index in [-0.39, 0.29) is 47.7 Å². The van der Waals surface area contributed by atoms with Gasteiger partial charge in [0.2, 0.25) is 0 Å². The van der Waals surface area contributed by atoms with Gasteiger partial charge in [-0.2, -0.15) is 0 Å². The molecular formula is C30H30O7. The molecule has 2 saturated heterocycles. The first-order chi connectivity index (χ1) is 17.6. The van der Waals surface area contributed by atoms with Crippen molar-refractivity contribution in [2.45, 2.75) is 56.8 Å². The lowest BCUT2D eigenvalue weighted by atomic mass is 9.57. The summed E-state index contributed by atoms with van der Waals surface area (Å²) in [7, 11) is 0. The minimum Gasteiger partial charge on any atom is -0.458 e. The maximum absolute atomic E-state index is 14.2. The third-order valence-electron chi connectivity index (χ3n) is 10.7. The predicted octanol–water partition coefficient (Wildman–Crippen LogP) is 2.95. The summed E-state index contributed by atoms with van der Waals surface area (Å²) in [5.41, 5.74) is 1.98. The number of Topliss-reactive ketones (excluding diaryl/α,β-unsaturated/α-hetero) is 2. The van der Waals surface area contributed by atoms with Gasteiger partial charge in [-0.3, -0.25) is 9.59 Å².